The third-order valence-corrected chi connectivity index (χ3v) is 4.97. The van der Waals surface area contributed by atoms with Gasteiger partial charge in [0.2, 0.25) is 5.88 Å². The Hall–Kier alpha value is -4.33. The zero-order valence-corrected chi connectivity index (χ0v) is 18.6. The molecule has 2 amide bonds. The summed E-state index contributed by atoms with van der Waals surface area (Å²) < 4.78 is 7.57. The normalized spacial score (nSPS) is 11.1. The second kappa shape index (κ2) is 9.04. The van der Waals surface area contributed by atoms with E-state index in [4.69, 9.17) is 4.74 Å². The van der Waals surface area contributed by atoms with Gasteiger partial charge in [0.25, 0.3) is 0 Å². The van der Waals surface area contributed by atoms with E-state index in [0.29, 0.717) is 28.7 Å². The minimum absolute atomic E-state index is 0.117. The molecule has 0 spiro atoms. The summed E-state index contributed by atoms with van der Waals surface area (Å²) in [6.07, 6.45) is 4.81. The van der Waals surface area contributed by atoms with Crippen molar-refractivity contribution >= 4 is 17.4 Å². The Bertz CT molecular complexity index is 1320. The minimum Gasteiger partial charge on any atom is -0.437 e. The number of nitrogens with one attached hydrogen (secondary N) is 3. The molecule has 0 saturated heterocycles. The van der Waals surface area contributed by atoms with Crippen molar-refractivity contribution < 1.29 is 9.53 Å². The van der Waals surface area contributed by atoms with Crippen LogP contribution in [0.4, 0.5) is 16.2 Å². The number of urea groups is 1. The van der Waals surface area contributed by atoms with E-state index in [9.17, 15) is 9.59 Å². The smallest absolute Gasteiger partial charge is 0.330 e. The molecule has 2 aromatic heterocycles. The van der Waals surface area contributed by atoms with Crippen LogP contribution >= 0.6 is 0 Å². The van der Waals surface area contributed by atoms with Crippen LogP contribution in [-0.4, -0.2) is 20.6 Å². The van der Waals surface area contributed by atoms with E-state index < -0.39 is 6.03 Å². The number of hydrogen-bond donors (Lipinski definition) is 3. The Kier molecular flexibility index (Phi) is 5.99. The predicted octanol–water partition coefficient (Wildman–Crippen LogP) is 5.29. The lowest BCUT2D eigenvalue weighted by molar-refractivity contribution is 0.262. The van der Waals surface area contributed by atoms with E-state index in [1.807, 2.05) is 24.3 Å². The number of amides is 2. The van der Waals surface area contributed by atoms with Gasteiger partial charge in [-0.25, -0.2) is 14.6 Å². The molecule has 0 saturated carbocycles. The highest BCUT2D eigenvalue weighted by Gasteiger charge is 2.20. The molecule has 0 aliphatic heterocycles. The maximum Gasteiger partial charge on any atom is 0.330 e. The Balaban J connectivity index is 1.48. The van der Waals surface area contributed by atoms with Crippen molar-refractivity contribution in [3.63, 3.8) is 0 Å². The number of rotatable bonds is 5. The number of H-pyrrole nitrogens is 1. The molecule has 0 radical (unpaired) electrons. The number of anilines is 2. The molecule has 8 heteroatoms. The molecule has 0 unspecified atom stereocenters. The van der Waals surface area contributed by atoms with Crippen LogP contribution in [0.25, 0.3) is 5.69 Å². The molecule has 0 atom stereocenters. The Morgan fingerprint density at radius 2 is 1.76 bits per heavy atom. The maximum absolute atomic E-state index is 12.6. The molecule has 168 valence electrons. The van der Waals surface area contributed by atoms with Gasteiger partial charge < -0.3 is 20.4 Å². The van der Waals surface area contributed by atoms with E-state index in [2.05, 4.69) is 41.4 Å². The van der Waals surface area contributed by atoms with Gasteiger partial charge in [0, 0.05) is 29.8 Å². The number of carbonyl (C=O) groups is 1. The van der Waals surface area contributed by atoms with Crippen molar-refractivity contribution in [3.8, 4) is 17.3 Å². The fraction of sp³-hybridized carbons (Fsp3) is 0.160. The molecule has 0 fully saturated rings. The first-order valence-electron chi connectivity index (χ1n) is 10.5. The number of aromatic nitrogens is 3. The highest BCUT2D eigenvalue weighted by molar-refractivity contribution is 6.00. The maximum atomic E-state index is 12.6. The van der Waals surface area contributed by atoms with E-state index in [0.717, 1.165) is 5.56 Å². The van der Waals surface area contributed by atoms with Crippen LogP contribution < -0.4 is 21.1 Å². The molecule has 0 aliphatic rings. The van der Waals surface area contributed by atoms with Crippen LogP contribution in [0.3, 0.4) is 0 Å². The summed E-state index contributed by atoms with van der Waals surface area (Å²) >= 11 is 0. The van der Waals surface area contributed by atoms with Crippen molar-refractivity contribution in [2.75, 3.05) is 10.6 Å². The van der Waals surface area contributed by atoms with Crippen LogP contribution in [0, 0.1) is 0 Å². The second-order valence-corrected chi connectivity index (χ2v) is 8.47. The third kappa shape index (κ3) is 5.12. The van der Waals surface area contributed by atoms with Crippen molar-refractivity contribution in [1.29, 1.82) is 0 Å². The van der Waals surface area contributed by atoms with Crippen molar-refractivity contribution in [1.82, 2.24) is 14.5 Å². The van der Waals surface area contributed by atoms with Crippen LogP contribution in [0.5, 0.6) is 11.6 Å². The van der Waals surface area contributed by atoms with Crippen LogP contribution in [-0.2, 0) is 5.41 Å². The van der Waals surface area contributed by atoms with Crippen molar-refractivity contribution in [2.24, 2.45) is 0 Å². The van der Waals surface area contributed by atoms with Gasteiger partial charge in [-0.05, 0) is 47.9 Å². The van der Waals surface area contributed by atoms with Gasteiger partial charge >= 0.3 is 11.7 Å². The summed E-state index contributed by atoms with van der Waals surface area (Å²) in [5.41, 5.74) is 2.39. The van der Waals surface area contributed by atoms with Gasteiger partial charge in [0.1, 0.15) is 11.4 Å². The van der Waals surface area contributed by atoms with Gasteiger partial charge in [0.05, 0.1) is 5.69 Å². The molecule has 33 heavy (non-hydrogen) atoms. The number of pyridine rings is 1. The highest BCUT2D eigenvalue weighted by atomic mass is 16.5. The van der Waals surface area contributed by atoms with Crippen molar-refractivity contribution in [2.45, 2.75) is 26.2 Å². The molecule has 4 rings (SSSR count). The van der Waals surface area contributed by atoms with Gasteiger partial charge in [-0.15, -0.1) is 0 Å². The lowest BCUT2D eigenvalue weighted by Gasteiger charge is -2.22. The number of nitrogens with zero attached hydrogens (tertiary/aromatic N) is 2. The second-order valence-electron chi connectivity index (χ2n) is 8.47. The molecular formula is C25H25N5O3. The first-order valence-corrected chi connectivity index (χ1v) is 10.5. The SMILES string of the molecule is CC(C)(C)c1ccccc1Oc1ncccc1NC(=O)Nc1ccc(-n2cc[nH]c2=O)cc1. The number of aromatic amines is 1. The zero-order chi connectivity index (χ0) is 23.4. The molecule has 2 heterocycles. The summed E-state index contributed by atoms with van der Waals surface area (Å²) in [7, 11) is 0. The minimum atomic E-state index is -0.441. The van der Waals surface area contributed by atoms with E-state index >= 15 is 0 Å². The standard InChI is InChI=1S/C25H25N5O3/c1-25(2,3)19-7-4-5-9-21(19)33-22-20(8-6-14-26-22)29-23(31)28-17-10-12-18(13-11-17)30-16-15-27-24(30)32/h4-16H,1-3H3,(H,27,32)(H2,28,29,31). The average Bonchev–Trinajstić information content (AvgIpc) is 3.21. The third-order valence-electron chi connectivity index (χ3n) is 4.97. The number of carbonyl (C=O) groups excluding carboxylic acids is 1. The largest absolute Gasteiger partial charge is 0.437 e. The lowest BCUT2D eigenvalue weighted by atomic mass is 9.86. The van der Waals surface area contributed by atoms with Gasteiger partial charge in [-0.3, -0.25) is 4.57 Å². The summed E-state index contributed by atoms with van der Waals surface area (Å²) in [6.45, 7) is 6.33. The van der Waals surface area contributed by atoms with Gasteiger partial charge in [-0.1, -0.05) is 39.0 Å². The average molecular weight is 444 g/mol. The number of para-hydroxylation sites is 1. The molecule has 0 aliphatic carbocycles. The highest BCUT2D eigenvalue weighted by Crippen LogP contribution is 2.35. The Morgan fingerprint density at radius 1 is 1.00 bits per heavy atom. The van der Waals surface area contributed by atoms with Crippen LogP contribution in [0.15, 0.2) is 84.0 Å². The monoisotopic (exact) mass is 443 g/mol. The summed E-state index contributed by atoms with van der Waals surface area (Å²) in [6, 6.07) is 17.7. The molecule has 3 N–H and O–H groups in total. The first-order chi connectivity index (χ1) is 15.8. The molecule has 2 aromatic carbocycles. The van der Waals surface area contributed by atoms with Crippen LogP contribution in [0.1, 0.15) is 26.3 Å². The zero-order valence-electron chi connectivity index (χ0n) is 18.6. The molecule has 0 bridgehead atoms. The fourth-order valence-electron chi connectivity index (χ4n) is 3.36. The van der Waals surface area contributed by atoms with Crippen LogP contribution in [0.2, 0.25) is 0 Å². The number of benzene rings is 2. The molecule has 8 nitrogen and oxygen atoms in total. The summed E-state index contributed by atoms with van der Waals surface area (Å²) in [5.74, 6) is 0.981. The summed E-state index contributed by atoms with van der Waals surface area (Å²) in [4.78, 5) is 31.2. The van der Waals surface area contributed by atoms with Crippen molar-refractivity contribution in [3.05, 3.63) is 95.3 Å². The van der Waals surface area contributed by atoms with Gasteiger partial charge in [-0.2, -0.15) is 0 Å². The number of imidazole rings is 1. The predicted molar refractivity (Wildman–Crippen MR) is 128 cm³/mol. The first kappa shape index (κ1) is 21.9. The molecular weight excluding hydrogens is 418 g/mol. The summed E-state index contributed by atoms with van der Waals surface area (Å²) in [5, 5.41) is 5.57. The Morgan fingerprint density at radius 3 is 2.45 bits per heavy atom. The number of hydrogen-bond acceptors (Lipinski definition) is 4. The fourth-order valence-corrected chi connectivity index (χ4v) is 3.36. The van der Waals surface area contributed by atoms with E-state index in [1.54, 1.807) is 55.0 Å². The van der Waals surface area contributed by atoms with E-state index in [-0.39, 0.29) is 11.1 Å². The quantitative estimate of drug-likeness (QED) is 0.390. The topological polar surface area (TPSA) is 101 Å². The van der Waals surface area contributed by atoms with E-state index in [1.165, 1.54) is 4.57 Å². The lowest BCUT2D eigenvalue weighted by Crippen LogP contribution is -2.20. The molecule has 4 aromatic rings. The van der Waals surface area contributed by atoms with Gasteiger partial charge in [0.15, 0.2) is 0 Å². The Labute approximate surface area is 191 Å². The number of ether oxygens (including phenoxy) is 1.